The first kappa shape index (κ1) is 32.5. The molecule has 0 unspecified atom stereocenters. The molecule has 0 atom stereocenters. The lowest BCUT2D eigenvalue weighted by atomic mass is 9.80. The fraction of sp³-hybridized carbons (Fsp3) is 0.140. The summed E-state index contributed by atoms with van der Waals surface area (Å²) in [5.41, 5.74) is 4.03. The Kier molecular flexibility index (Phi) is 10.7. The van der Waals surface area contributed by atoms with Crippen molar-refractivity contribution in [2.45, 2.75) is 11.2 Å². The van der Waals surface area contributed by atoms with Crippen molar-refractivity contribution >= 4 is 6.16 Å². The molecular formula is C43H38O5. The molecule has 0 saturated carbocycles. The smallest absolute Gasteiger partial charge is 0.432 e. The fourth-order valence-electron chi connectivity index (χ4n) is 6.22. The van der Waals surface area contributed by atoms with Crippen molar-refractivity contribution < 1.29 is 23.7 Å². The van der Waals surface area contributed by atoms with E-state index in [9.17, 15) is 4.79 Å². The SMILES string of the molecule is O=C(OCCOC(c1ccccc1)(c1ccccc1)c1ccccc1)OCCOC(c1ccccc1)(c1ccccc1)c1ccccc1. The first-order valence-electron chi connectivity index (χ1n) is 16.1. The lowest BCUT2D eigenvalue weighted by Gasteiger charge is -2.36. The van der Waals surface area contributed by atoms with Gasteiger partial charge in [0.25, 0.3) is 0 Å². The normalized spacial score (nSPS) is 11.5. The highest BCUT2D eigenvalue weighted by Crippen LogP contribution is 2.41. The molecule has 0 amide bonds. The summed E-state index contributed by atoms with van der Waals surface area (Å²) in [6.07, 6.45) is -0.781. The van der Waals surface area contributed by atoms with Crippen LogP contribution in [0.1, 0.15) is 33.4 Å². The van der Waals surface area contributed by atoms with Gasteiger partial charge in [0.15, 0.2) is 0 Å². The second kappa shape index (κ2) is 15.9. The minimum Gasteiger partial charge on any atom is -0.432 e. The summed E-state index contributed by atoms with van der Waals surface area (Å²) in [6.45, 7) is 0.304. The first-order chi connectivity index (χ1) is 23.7. The van der Waals surface area contributed by atoms with Gasteiger partial charge in [0.2, 0.25) is 0 Å². The average Bonchev–Trinajstić information content (AvgIpc) is 3.17. The van der Waals surface area contributed by atoms with Gasteiger partial charge in [0, 0.05) is 0 Å². The summed E-state index contributed by atoms with van der Waals surface area (Å²) < 4.78 is 24.4. The number of carbonyl (C=O) groups is 1. The molecule has 6 rings (SSSR count). The summed E-state index contributed by atoms with van der Waals surface area (Å²) in [5.74, 6) is 0. The summed E-state index contributed by atoms with van der Waals surface area (Å²) in [7, 11) is 0. The van der Waals surface area contributed by atoms with Gasteiger partial charge in [0.05, 0.1) is 13.2 Å². The molecule has 0 radical (unpaired) electrons. The largest absolute Gasteiger partial charge is 0.508 e. The van der Waals surface area contributed by atoms with E-state index in [4.69, 9.17) is 18.9 Å². The minimum atomic E-state index is -0.902. The average molecular weight is 635 g/mol. The van der Waals surface area contributed by atoms with Crippen LogP contribution in [0.3, 0.4) is 0 Å². The van der Waals surface area contributed by atoms with E-state index < -0.39 is 17.4 Å². The van der Waals surface area contributed by atoms with E-state index in [0.29, 0.717) is 0 Å². The van der Waals surface area contributed by atoms with Crippen LogP contribution in [0.25, 0.3) is 0 Å². The second-order valence-electron chi connectivity index (χ2n) is 11.2. The van der Waals surface area contributed by atoms with Crippen molar-refractivity contribution in [3.8, 4) is 0 Å². The number of hydrogen-bond donors (Lipinski definition) is 0. The van der Waals surface area contributed by atoms with E-state index >= 15 is 0 Å². The van der Waals surface area contributed by atoms with Crippen LogP contribution in [0.5, 0.6) is 0 Å². The molecule has 48 heavy (non-hydrogen) atoms. The van der Waals surface area contributed by atoms with Crippen LogP contribution in [0, 0.1) is 0 Å². The quantitative estimate of drug-likeness (QED) is 0.0680. The summed E-state index contributed by atoms with van der Waals surface area (Å²) in [4.78, 5) is 12.8. The molecule has 0 N–H and O–H groups in total. The Balaban J connectivity index is 1.12. The molecule has 5 heteroatoms. The number of rotatable bonds is 14. The van der Waals surface area contributed by atoms with Crippen LogP contribution in [0.15, 0.2) is 182 Å². The molecular weight excluding hydrogens is 596 g/mol. The maximum absolute atomic E-state index is 12.8. The third kappa shape index (κ3) is 7.08. The molecule has 0 fully saturated rings. The van der Waals surface area contributed by atoms with E-state index in [2.05, 4.69) is 72.8 Å². The van der Waals surface area contributed by atoms with E-state index in [1.54, 1.807) is 0 Å². The maximum Gasteiger partial charge on any atom is 0.508 e. The van der Waals surface area contributed by atoms with Crippen LogP contribution in [-0.2, 0) is 30.1 Å². The van der Waals surface area contributed by atoms with Gasteiger partial charge < -0.3 is 18.9 Å². The van der Waals surface area contributed by atoms with E-state index in [1.165, 1.54) is 0 Å². The lowest BCUT2D eigenvalue weighted by Crippen LogP contribution is -2.34. The van der Waals surface area contributed by atoms with Crippen LogP contribution in [0.4, 0.5) is 4.79 Å². The topological polar surface area (TPSA) is 54.0 Å². The number of hydrogen-bond acceptors (Lipinski definition) is 5. The third-order valence-electron chi connectivity index (χ3n) is 8.33. The summed E-state index contributed by atoms with van der Waals surface area (Å²) in [5, 5.41) is 0. The molecule has 240 valence electrons. The molecule has 6 aromatic carbocycles. The van der Waals surface area contributed by atoms with Crippen molar-refractivity contribution in [1.82, 2.24) is 0 Å². The van der Waals surface area contributed by atoms with E-state index in [1.807, 2.05) is 109 Å². The third-order valence-corrected chi connectivity index (χ3v) is 8.33. The van der Waals surface area contributed by atoms with E-state index in [0.717, 1.165) is 33.4 Å². The van der Waals surface area contributed by atoms with Crippen LogP contribution in [0.2, 0.25) is 0 Å². The van der Waals surface area contributed by atoms with Gasteiger partial charge in [-0.15, -0.1) is 0 Å². The molecule has 0 spiro atoms. The Hall–Kier alpha value is -5.49. The Labute approximate surface area is 282 Å². The summed E-state index contributed by atoms with van der Waals surface area (Å²) >= 11 is 0. The van der Waals surface area contributed by atoms with Crippen LogP contribution in [-0.4, -0.2) is 32.6 Å². The predicted molar refractivity (Wildman–Crippen MR) is 188 cm³/mol. The van der Waals surface area contributed by atoms with Crippen LogP contribution >= 0.6 is 0 Å². The second-order valence-corrected chi connectivity index (χ2v) is 11.2. The number of benzene rings is 6. The Morgan fingerprint density at radius 2 is 0.542 bits per heavy atom. The maximum atomic E-state index is 12.8. The number of ether oxygens (including phenoxy) is 4. The van der Waals surface area contributed by atoms with Crippen molar-refractivity contribution in [1.29, 1.82) is 0 Å². The van der Waals surface area contributed by atoms with Gasteiger partial charge in [-0.3, -0.25) is 0 Å². The zero-order valence-corrected chi connectivity index (χ0v) is 26.7. The Morgan fingerprint density at radius 1 is 0.333 bits per heavy atom. The highest BCUT2D eigenvalue weighted by atomic mass is 16.7. The lowest BCUT2D eigenvalue weighted by molar-refractivity contribution is -0.0384. The predicted octanol–water partition coefficient (Wildman–Crippen LogP) is 9.16. The van der Waals surface area contributed by atoms with Crippen LogP contribution < -0.4 is 0 Å². The number of carbonyl (C=O) groups excluding carboxylic acids is 1. The van der Waals surface area contributed by atoms with Gasteiger partial charge in [-0.25, -0.2) is 4.79 Å². The Bertz CT molecular complexity index is 1480. The molecule has 5 nitrogen and oxygen atoms in total. The highest BCUT2D eigenvalue weighted by molar-refractivity contribution is 5.59. The van der Waals surface area contributed by atoms with Gasteiger partial charge in [-0.05, 0) is 33.4 Å². The molecule has 0 aliphatic carbocycles. The monoisotopic (exact) mass is 634 g/mol. The Morgan fingerprint density at radius 3 is 0.750 bits per heavy atom. The fourth-order valence-corrected chi connectivity index (χ4v) is 6.22. The van der Waals surface area contributed by atoms with Crippen molar-refractivity contribution in [2.24, 2.45) is 0 Å². The van der Waals surface area contributed by atoms with Gasteiger partial charge in [-0.1, -0.05) is 182 Å². The zero-order chi connectivity index (χ0) is 32.9. The van der Waals surface area contributed by atoms with Gasteiger partial charge >= 0.3 is 6.16 Å². The van der Waals surface area contributed by atoms with E-state index in [-0.39, 0.29) is 26.4 Å². The highest BCUT2D eigenvalue weighted by Gasteiger charge is 2.38. The molecule has 0 bridgehead atoms. The molecule has 6 aromatic rings. The summed E-state index contributed by atoms with van der Waals surface area (Å²) in [6, 6.07) is 60.5. The molecule has 0 saturated heterocycles. The molecule has 0 aliphatic rings. The van der Waals surface area contributed by atoms with Gasteiger partial charge in [-0.2, -0.15) is 0 Å². The van der Waals surface area contributed by atoms with Gasteiger partial charge in [0.1, 0.15) is 24.4 Å². The minimum absolute atomic E-state index is 0.00985. The van der Waals surface area contributed by atoms with Crippen molar-refractivity contribution in [2.75, 3.05) is 26.4 Å². The molecule has 0 aromatic heterocycles. The standard InChI is InChI=1S/C43H38O5/c44-41(45-31-33-47-42(35-19-7-1-8-20-35,36-21-9-2-10-22-36)37-23-11-3-12-24-37)46-32-34-48-43(38-25-13-4-14-26-38,39-27-15-5-16-28-39)40-29-17-6-18-30-40/h1-30H,31-34H2. The first-order valence-corrected chi connectivity index (χ1v) is 16.1. The van der Waals surface area contributed by atoms with Crippen molar-refractivity contribution in [3.05, 3.63) is 215 Å². The zero-order valence-electron chi connectivity index (χ0n) is 26.7. The molecule has 0 aliphatic heterocycles. The van der Waals surface area contributed by atoms with Crippen molar-refractivity contribution in [3.63, 3.8) is 0 Å². The molecule has 0 heterocycles.